The standard InChI is InChI=1S/C16H18.C2H6/c1-11-8-9-15(13(3)10-11)16-7-5-6-12(2)14(16)4;1-2/h5-10H,1-4H3;1-2H3. The molecule has 0 amide bonds. The lowest BCUT2D eigenvalue weighted by Gasteiger charge is -2.12. The molecule has 0 aromatic heterocycles. The summed E-state index contributed by atoms with van der Waals surface area (Å²) in [4.78, 5) is 0. The van der Waals surface area contributed by atoms with Crippen LogP contribution in [0.1, 0.15) is 36.1 Å². The summed E-state index contributed by atoms with van der Waals surface area (Å²) in [5.74, 6) is 0. The Morgan fingerprint density at radius 3 is 1.94 bits per heavy atom. The van der Waals surface area contributed by atoms with Crippen molar-refractivity contribution in [3.05, 3.63) is 58.7 Å². The van der Waals surface area contributed by atoms with Crippen molar-refractivity contribution >= 4 is 0 Å². The smallest absolute Gasteiger partial charge is 0.0149 e. The maximum atomic E-state index is 2.25. The highest BCUT2D eigenvalue weighted by atomic mass is 14.1. The molecule has 2 aromatic carbocycles. The fraction of sp³-hybridized carbons (Fsp3) is 0.333. The van der Waals surface area contributed by atoms with E-state index in [1.807, 2.05) is 13.8 Å². The van der Waals surface area contributed by atoms with E-state index in [1.54, 1.807) is 0 Å². The minimum atomic E-state index is 1.33. The van der Waals surface area contributed by atoms with Gasteiger partial charge in [0.1, 0.15) is 0 Å². The van der Waals surface area contributed by atoms with Gasteiger partial charge in [-0.25, -0.2) is 0 Å². The summed E-state index contributed by atoms with van der Waals surface area (Å²) in [6, 6.07) is 13.2. The molecule has 0 heteroatoms. The third-order valence-corrected chi connectivity index (χ3v) is 3.28. The SMILES string of the molecule is CC.Cc1ccc(-c2cccc(C)c2C)c(C)c1. The average molecular weight is 240 g/mol. The van der Waals surface area contributed by atoms with Crippen molar-refractivity contribution in [1.29, 1.82) is 0 Å². The third-order valence-electron chi connectivity index (χ3n) is 3.28. The van der Waals surface area contributed by atoms with Crippen LogP contribution in [-0.4, -0.2) is 0 Å². The van der Waals surface area contributed by atoms with Crippen LogP contribution in [0.4, 0.5) is 0 Å². The molecule has 2 rings (SSSR count). The lowest BCUT2D eigenvalue weighted by Crippen LogP contribution is -1.90. The molecule has 18 heavy (non-hydrogen) atoms. The van der Waals surface area contributed by atoms with E-state index in [0.29, 0.717) is 0 Å². The molecule has 0 atom stereocenters. The Labute approximate surface area is 112 Å². The topological polar surface area (TPSA) is 0 Å². The fourth-order valence-corrected chi connectivity index (χ4v) is 2.16. The lowest BCUT2D eigenvalue weighted by molar-refractivity contribution is 1.32. The van der Waals surface area contributed by atoms with Crippen molar-refractivity contribution in [3.8, 4) is 11.1 Å². The van der Waals surface area contributed by atoms with Crippen molar-refractivity contribution in [2.45, 2.75) is 41.5 Å². The zero-order valence-corrected chi connectivity index (χ0v) is 12.5. The molecule has 0 radical (unpaired) electrons. The molecule has 0 heterocycles. The summed E-state index contributed by atoms with van der Waals surface area (Å²) in [5, 5.41) is 0. The second kappa shape index (κ2) is 6.39. The van der Waals surface area contributed by atoms with E-state index < -0.39 is 0 Å². The largest absolute Gasteiger partial charge is 0.0683 e. The third kappa shape index (κ3) is 3.01. The Morgan fingerprint density at radius 1 is 0.667 bits per heavy atom. The summed E-state index contributed by atoms with van der Waals surface area (Å²) in [7, 11) is 0. The first-order valence-electron chi connectivity index (χ1n) is 6.73. The lowest BCUT2D eigenvalue weighted by atomic mass is 9.93. The van der Waals surface area contributed by atoms with Crippen LogP contribution in [0.25, 0.3) is 11.1 Å². The number of benzene rings is 2. The molecule has 0 aliphatic carbocycles. The van der Waals surface area contributed by atoms with Gasteiger partial charge in [0.25, 0.3) is 0 Å². The highest BCUT2D eigenvalue weighted by Gasteiger charge is 2.06. The molecule has 0 saturated heterocycles. The molecule has 0 N–H and O–H groups in total. The molecule has 0 spiro atoms. The van der Waals surface area contributed by atoms with E-state index in [9.17, 15) is 0 Å². The van der Waals surface area contributed by atoms with Crippen molar-refractivity contribution < 1.29 is 0 Å². The Kier molecular flexibility index (Phi) is 5.15. The molecular formula is C18H24. The molecule has 0 unspecified atom stereocenters. The quantitative estimate of drug-likeness (QED) is 0.607. The van der Waals surface area contributed by atoms with Crippen LogP contribution >= 0.6 is 0 Å². The molecule has 96 valence electrons. The summed E-state index contributed by atoms with van der Waals surface area (Å²) in [5.41, 5.74) is 8.14. The highest BCUT2D eigenvalue weighted by Crippen LogP contribution is 2.28. The Bertz CT molecular complexity index is 522. The maximum absolute atomic E-state index is 2.25. The molecule has 2 aromatic rings. The number of hydrogen-bond donors (Lipinski definition) is 0. The summed E-state index contributed by atoms with van der Waals surface area (Å²) < 4.78 is 0. The molecule has 0 nitrogen and oxygen atoms in total. The van der Waals surface area contributed by atoms with Crippen molar-refractivity contribution in [3.63, 3.8) is 0 Å². The molecule has 0 bridgehead atoms. The highest BCUT2D eigenvalue weighted by molar-refractivity contribution is 5.71. The van der Waals surface area contributed by atoms with Crippen molar-refractivity contribution in [2.24, 2.45) is 0 Å². The van der Waals surface area contributed by atoms with Gasteiger partial charge in [0, 0.05) is 0 Å². The number of rotatable bonds is 1. The van der Waals surface area contributed by atoms with Gasteiger partial charge in [-0.3, -0.25) is 0 Å². The van der Waals surface area contributed by atoms with E-state index in [2.05, 4.69) is 64.1 Å². The fourth-order valence-electron chi connectivity index (χ4n) is 2.16. The molecule has 0 aliphatic rings. The Balaban J connectivity index is 0.000000771. The number of hydrogen-bond acceptors (Lipinski definition) is 0. The summed E-state index contributed by atoms with van der Waals surface area (Å²) >= 11 is 0. The van der Waals surface area contributed by atoms with E-state index in [1.165, 1.54) is 33.4 Å². The van der Waals surface area contributed by atoms with E-state index >= 15 is 0 Å². The molecular weight excluding hydrogens is 216 g/mol. The minimum Gasteiger partial charge on any atom is -0.0683 e. The van der Waals surface area contributed by atoms with Gasteiger partial charge in [0.05, 0.1) is 0 Å². The maximum Gasteiger partial charge on any atom is -0.0149 e. The monoisotopic (exact) mass is 240 g/mol. The van der Waals surface area contributed by atoms with Gasteiger partial charge >= 0.3 is 0 Å². The van der Waals surface area contributed by atoms with Gasteiger partial charge in [0.15, 0.2) is 0 Å². The first-order valence-corrected chi connectivity index (χ1v) is 6.73. The van der Waals surface area contributed by atoms with E-state index in [-0.39, 0.29) is 0 Å². The molecule has 0 fully saturated rings. The van der Waals surface area contributed by atoms with E-state index in [0.717, 1.165) is 0 Å². The average Bonchev–Trinajstić information content (AvgIpc) is 2.36. The van der Waals surface area contributed by atoms with Crippen molar-refractivity contribution in [1.82, 2.24) is 0 Å². The van der Waals surface area contributed by atoms with Crippen molar-refractivity contribution in [2.75, 3.05) is 0 Å². The zero-order chi connectivity index (χ0) is 13.7. The van der Waals surface area contributed by atoms with Gasteiger partial charge in [-0.05, 0) is 55.5 Å². The van der Waals surface area contributed by atoms with Crippen LogP contribution in [0.5, 0.6) is 0 Å². The predicted molar refractivity (Wildman–Crippen MR) is 82.2 cm³/mol. The Hall–Kier alpha value is -1.56. The normalized spacial score (nSPS) is 9.67. The number of aryl methyl sites for hydroxylation is 3. The van der Waals surface area contributed by atoms with E-state index in [4.69, 9.17) is 0 Å². The first-order chi connectivity index (χ1) is 8.59. The predicted octanol–water partition coefficient (Wildman–Crippen LogP) is 5.61. The van der Waals surface area contributed by atoms with Crippen LogP contribution in [-0.2, 0) is 0 Å². The van der Waals surface area contributed by atoms with Crippen LogP contribution in [0.3, 0.4) is 0 Å². The first kappa shape index (κ1) is 14.5. The zero-order valence-electron chi connectivity index (χ0n) is 12.5. The summed E-state index contributed by atoms with van der Waals surface area (Å²) in [6.07, 6.45) is 0. The van der Waals surface area contributed by atoms with Gasteiger partial charge in [0.2, 0.25) is 0 Å². The van der Waals surface area contributed by atoms with Gasteiger partial charge in [-0.2, -0.15) is 0 Å². The van der Waals surface area contributed by atoms with Crippen LogP contribution in [0.2, 0.25) is 0 Å². The second-order valence-electron chi connectivity index (χ2n) is 4.57. The van der Waals surface area contributed by atoms with Crippen LogP contribution < -0.4 is 0 Å². The van der Waals surface area contributed by atoms with Gasteiger partial charge in [-0.1, -0.05) is 55.8 Å². The second-order valence-corrected chi connectivity index (χ2v) is 4.57. The summed E-state index contributed by atoms with van der Waals surface area (Å²) in [6.45, 7) is 12.7. The van der Waals surface area contributed by atoms with Crippen LogP contribution in [0.15, 0.2) is 36.4 Å². The molecule has 0 saturated carbocycles. The Morgan fingerprint density at radius 2 is 1.33 bits per heavy atom. The van der Waals surface area contributed by atoms with Gasteiger partial charge in [-0.15, -0.1) is 0 Å². The van der Waals surface area contributed by atoms with Crippen LogP contribution in [0, 0.1) is 27.7 Å². The molecule has 0 aliphatic heterocycles. The minimum absolute atomic E-state index is 1.33. The van der Waals surface area contributed by atoms with Gasteiger partial charge < -0.3 is 0 Å².